The SMILES string of the molecule is S=C1NC(c2ccccc2)=CC(c2ccncc2)N1. The fourth-order valence-electron chi connectivity index (χ4n) is 2.09. The van der Waals surface area contributed by atoms with E-state index in [-0.39, 0.29) is 6.04 Å². The van der Waals surface area contributed by atoms with E-state index in [0.29, 0.717) is 5.11 Å². The molecule has 0 radical (unpaired) electrons. The lowest BCUT2D eigenvalue weighted by Gasteiger charge is -2.26. The second kappa shape index (κ2) is 5.20. The van der Waals surface area contributed by atoms with Gasteiger partial charge in [0.2, 0.25) is 0 Å². The normalized spacial score (nSPS) is 18.2. The first kappa shape index (κ1) is 11.9. The largest absolute Gasteiger partial charge is 0.352 e. The Morgan fingerprint density at radius 3 is 2.47 bits per heavy atom. The van der Waals surface area contributed by atoms with Gasteiger partial charge in [-0.25, -0.2) is 0 Å². The molecule has 2 heterocycles. The van der Waals surface area contributed by atoms with E-state index in [1.165, 1.54) is 0 Å². The summed E-state index contributed by atoms with van der Waals surface area (Å²) in [4.78, 5) is 4.04. The molecule has 0 bridgehead atoms. The average Bonchev–Trinajstić information content (AvgIpc) is 2.48. The highest BCUT2D eigenvalue weighted by atomic mass is 32.1. The Bertz CT molecular complexity index is 608. The number of nitrogens with one attached hydrogen (secondary N) is 2. The standard InChI is InChI=1S/C15H13N3S/c19-15-17-13(11-4-2-1-3-5-11)10-14(18-15)12-6-8-16-9-7-12/h1-10,14H,(H2,17,18,19). The predicted molar refractivity (Wildman–Crippen MR) is 80.3 cm³/mol. The van der Waals surface area contributed by atoms with Crippen molar-refractivity contribution in [2.75, 3.05) is 0 Å². The van der Waals surface area contributed by atoms with E-state index in [2.05, 4.69) is 33.8 Å². The summed E-state index contributed by atoms with van der Waals surface area (Å²) in [5, 5.41) is 7.09. The maximum Gasteiger partial charge on any atom is 0.171 e. The second-order valence-electron chi connectivity index (χ2n) is 4.30. The van der Waals surface area contributed by atoms with Crippen molar-refractivity contribution in [1.82, 2.24) is 15.6 Å². The highest BCUT2D eigenvalue weighted by Gasteiger charge is 2.17. The van der Waals surface area contributed by atoms with Gasteiger partial charge in [-0.15, -0.1) is 0 Å². The zero-order valence-electron chi connectivity index (χ0n) is 10.2. The summed E-state index contributed by atoms with van der Waals surface area (Å²) >= 11 is 5.28. The number of benzene rings is 1. The van der Waals surface area contributed by atoms with E-state index < -0.39 is 0 Å². The Balaban J connectivity index is 1.97. The lowest BCUT2D eigenvalue weighted by atomic mass is 10.0. The molecule has 4 heteroatoms. The maximum absolute atomic E-state index is 5.28. The predicted octanol–water partition coefficient (Wildman–Crippen LogP) is 2.64. The zero-order chi connectivity index (χ0) is 13.1. The summed E-state index contributed by atoms with van der Waals surface area (Å²) < 4.78 is 0. The molecule has 0 saturated carbocycles. The van der Waals surface area contributed by atoms with Gasteiger partial charge in [-0.1, -0.05) is 30.3 Å². The van der Waals surface area contributed by atoms with Gasteiger partial charge >= 0.3 is 0 Å². The number of rotatable bonds is 2. The van der Waals surface area contributed by atoms with Gasteiger partial charge in [-0.3, -0.25) is 4.98 Å². The van der Waals surface area contributed by atoms with Gasteiger partial charge in [0.05, 0.1) is 6.04 Å². The third-order valence-electron chi connectivity index (χ3n) is 3.02. The minimum absolute atomic E-state index is 0.0759. The molecule has 1 aliphatic rings. The number of pyridine rings is 1. The van der Waals surface area contributed by atoms with Crippen LogP contribution in [0.4, 0.5) is 0 Å². The fraction of sp³-hybridized carbons (Fsp3) is 0.0667. The van der Waals surface area contributed by atoms with Gasteiger partial charge in [0.15, 0.2) is 5.11 Å². The molecule has 1 aliphatic heterocycles. The summed E-state index contributed by atoms with van der Waals surface area (Å²) in [7, 11) is 0. The van der Waals surface area contributed by atoms with Crippen molar-refractivity contribution < 1.29 is 0 Å². The topological polar surface area (TPSA) is 37.0 Å². The van der Waals surface area contributed by atoms with Crippen molar-refractivity contribution in [3.05, 3.63) is 72.1 Å². The third-order valence-corrected chi connectivity index (χ3v) is 3.24. The molecule has 2 N–H and O–H groups in total. The molecule has 0 spiro atoms. The van der Waals surface area contributed by atoms with Gasteiger partial charge < -0.3 is 10.6 Å². The lowest BCUT2D eigenvalue weighted by Crippen LogP contribution is -2.40. The van der Waals surface area contributed by atoms with E-state index in [4.69, 9.17) is 12.2 Å². The number of nitrogens with zero attached hydrogens (tertiary/aromatic N) is 1. The molecule has 1 aromatic carbocycles. The number of hydrogen-bond acceptors (Lipinski definition) is 2. The quantitative estimate of drug-likeness (QED) is 0.820. The molecule has 1 unspecified atom stereocenters. The zero-order valence-corrected chi connectivity index (χ0v) is 11.0. The van der Waals surface area contributed by atoms with E-state index >= 15 is 0 Å². The third kappa shape index (κ3) is 2.63. The molecule has 19 heavy (non-hydrogen) atoms. The minimum Gasteiger partial charge on any atom is -0.352 e. The summed E-state index contributed by atoms with van der Waals surface area (Å²) in [5.74, 6) is 0. The Morgan fingerprint density at radius 1 is 1.00 bits per heavy atom. The van der Waals surface area contributed by atoms with Crippen molar-refractivity contribution >= 4 is 23.0 Å². The van der Waals surface area contributed by atoms with E-state index in [1.807, 2.05) is 30.3 Å². The van der Waals surface area contributed by atoms with Crippen molar-refractivity contribution in [1.29, 1.82) is 0 Å². The molecule has 1 atom stereocenters. The highest BCUT2D eigenvalue weighted by molar-refractivity contribution is 7.80. The fourth-order valence-corrected chi connectivity index (χ4v) is 2.32. The summed E-state index contributed by atoms with van der Waals surface area (Å²) in [5.41, 5.74) is 3.31. The molecule has 0 fully saturated rings. The smallest absolute Gasteiger partial charge is 0.171 e. The van der Waals surface area contributed by atoms with Gasteiger partial charge in [0.1, 0.15) is 0 Å². The molecule has 2 aromatic rings. The van der Waals surface area contributed by atoms with Crippen LogP contribution in [0.3, 0.4) is 0 Å². The van der Waals surface area contributed by atoms with E-state index in [1.54, 1.807) is 12.4 Å². The van der Waals surface area contributed by atoms with Crippen molar-refractivity contribution in [2.24, 2.45) is 0 Å². The van der Waals surface area contributed by atoms with Crippen LogP contribution in [0.2, 0.25) is 0 Å². The molecule has 0 amide bonds. The van der Waals surface area contributed by atoms with Gasteiger partial charge in [0.25, 0.3) is 0 Å². The van der Waals surface area contributed by atoms with Crippen LogP contribution < -0.4 is 10.6 Å². The van der Waals surface area contributed by atoms with E-state index in [9.17, 15) is 0 Å². The van der Waals surface area contributed by atoms with Crippen molar-refractivity contribution in [3.8, 4) is 0 Å². The molecule has 0 saturated heterocycles. The monoisotopic (exact) mass is 267 g/mol. The van der Waals surface area contributed by atoms with Gasteiger partial charge in [-0.2, -0.15) is 0 Å². The summed E-state index contributed by atoms with van der Waals surface area (Å²) in [6.45, 7) is 0. The molecule has 1 aromatic heterocycles. The number of aromatic nitrogens is 1. The Labute approximate surface area is 117 Å². The Kier molecular flexibility index (Phi) is 3.25. The minimum atomic E-state index is 0.0759. The van der Waals surface area contributed by atoms with Crippen LogP contribution in [0, 0.1) is 0 Å². The molecular weight excluding hydrogens is 254 g/mol. The molecule has 3 nitrogen and oxygen atoms in total. The van der Waals surface area contributed by atoms with Crippen LogP contribution in [0.15, 0.2) is 60.9 Å². The molecular formula is C15H13N3S. The highest BCUT2D eigenvalue weighted by Crippen LogP contribution is 2.22. The van der Waals surface area contributed by atoms with Crippen LogP contribution >= 0.6 is 12.2 Å². The average molecular weight is 267 g/mol. The second-order valence-corrected chi connectivity index (χ2v) is 4.71. The van der Waals surface area contributed by atoms with Crippen LogP contribution in [0.5, 0.6) is 0 Å². The van der Waals surface area contributed by atoms with E-state index in [0.717, 1.165) is 16.8 Å². The van der Waals surface area contributed by atoms with Crippen molar-refractivity contribution in [2.45, 2.75) is 6.04 Å². The van der Waals surface area contributed by atoms with Crippen LogP contribution in [0.25, 0.3) is 5.70 Å². The molecule has 0 aliphatic carbocycles. The Hall–Kier alpha value is -2.20. The first-order chi connectivity index (χ1) is 9.33. The summed E-state index contributed by atoms with van der Waals surface area (Å²) in [6.07, 6.45) is 5.72. The van der Waals surface area contributed by atoms with Crippen LogP contribution in [-0.2, 0) is 0 Å². The lowest BCUT2D eigenvalue weighted by molar-refractivity contribution is 0.764. The van der Waals surface area contributed by atoms with Crippen molar-refractivity contribution in [3.63, 3.8) is 0 Å². The van der Waals surface area contributed by atoms with Crippen LogP contribution in [-0.4, -0.2) is 10.1 Å². The van der Waals surface area contributed by atoms with Gasteiger partial charge in [0, 0.05) is 18.1 Å². The summed E-state index contributed by atoms with van der Waals surface area (Å²) in [6, 6.07) is 14.2. The molecule has 3 rings (SSSR count). The maximum atomic E-state index is 5.28. The Morgan fingerprint density at radius 2 is 1.74 bits per heavy atom. The first-order valence-electron chi connectivity index (χ1n) is 6.07. The first-order valence-corrected chi connectivity index (χ1v) is 6.48. The van der Waals surface area contributed by atoms with Crippen LogP contribution in [0.1, 0.15) is 17.2 Å². The number of hydrogen-bond donors (Lipinski definition) is 2. The molecule has 94 valence electrons. The van der Waals surface area contributed by atoms with Gasteiger partial charge in [-0.05, 0) is 41.6 Å². The number of thiocarbonyl (C=S) groups is 1.